The topological polar surface area (TPSA) is 12.0 Å². The Morgan fingerprint density at radius 3 is 2.67 bits per heavy atom. The van der Waals surface area contributed by atoms with Gasteiger partial charge >= 0.3 is 0 Å². The van der Waals surface area contributed by atoms with Gasteiger partial charge in [-0.25, -0.2) is 0 Å². The van der Waals surface area contributed by atoms with Crippen molar-refractivity contribution in [1.82, 2.24) is 5.32 Å². The maximum Gasteiger partial charge on any atom is 0.0311 e. The van der Waals surface area contributed by atoms with Crippen molar-refractivity contribution in [1.29, 1.82) is 0 Å². The monoisotopic (exact) mass is 329 g/mol. The molecule has 0 saturated heterocycles. The zero-order valence-corrected chi connectivity index (χ0v) is 13.8. The molecule has 1 N–H and O–H groups in total. The van der Waals surface area contributed by atoms with Crippen LogP contribution in [0, 0.1) is 0 Å². The van der Waals surface area contributed by atoms with E-state index in [0.717, 1.165) is 12.3 Å². The molecule has 1 atom stereocenters. The molecule has 1 aromatic carbocycles. The number of halogens is 1. The van der Waals surface area contributed by atoms with Crippen LogP contribution in [-0.4, -0.2) is 18.3 Å². The van der Waals surface area contributed by atoms with E-state index in [0.29, 0.717) is 6.04 Å². The second kappa shape index (κ2) is 9.88. The van der Waals surface area contributed by atoms with Gasteiger partial charge in [-0.3, -0.25) is 0 Å². The Morgan fingerprint density at radius 1 is 1.22 bits per heavy atom. The van der Waals surface area contributed by atoms with E-state index in [1.165, 1.54) is 35.1 Å². The molecule has 1 nitrogen and oxygen atoms in total. The Labute approximate surface area is 124 Å². The van der Waals surface area contributed by atoms with Gasteiger partial charge in [-0.15, -0.1) is 11.8 Å². The van der Waals surface area contributed by atoms with E-state index in [1.807, 2.05) is 11.8 Å². The molecule has 0 amide bonds. The summed E-state index contributed by atoms with van der Waals surface area (Å²) in [4.78, 5) is 1.34. The van der Waals surface area contributed by atoms with Crippen LogP contribution in [0.3, 0.4) is 0 Å². The van der Waals surface area contributed by atoms with Crippen LogP contribution in [0.2, 0.25) is 0 Å². The van der Waals surface area contributed by atoms with Crippen molar-refractivity contribution in [2.45, 2.75) is 50.5 Å². The fourth-order valence-electron chi connectivity index (χ4n) is 1.80. The molecule has 0 heterocycles. The van der Waals surface area contributed by atoms with Gasteiger partial charge in [-0.2, -0.15) is 0 Å². The number of benzene rings is 1. The SMILES string of the molecule is CCCCC(CSc1ccccc1Br)NCCC. The standard InChI is InChI=1S/C15H24BrNS/c1-3-5-8-13(17-11-4-2)12-18-15-10-7-6-9-14(15)16/h6-7,9-10,13,17H,3-5,8,11-12H2,1-2H3. The molecule has 1 rings (SSSR count). The Hall–Kier alpha value is 0.01000. The molecule has 1 unspecified atom stereocenters. The van der Waals surface area contributed by atoms with Crippen LogP contribution >= 0.6 is 27.7 Å². The summed E-state index contributed by atoms with van der Waals surface area (Å²) in [6.07, 6.45) is 5.10. The van der Waals surface area contributed by atoms with Gasteiger partial charge < -0.3 is 5.32 Å². The van der Waals surface area contributed by atoms with E-state index in [-0.39, 0.29) is 0 Å². The van der Waals surface area contributed by atoms with Gasteiger partial charge in [0.05, 0.1) is 0 Å². The minimum absolute atomic E-state index is 0.641. The zero-order valence-electron chi connectivity index (χ0n) is 11.4. The van der Waals surface area contributed by atoms with Gasteiger partial charge in [0.1, 0.15) is 0 Å². The number of rotatable bonds is 9. The second-order valence-electron chi connectivity index (χ2n) is 4.53. The first-order valence-electron chi connectivity index (χ1n) is 6.88. The van der Waals surface area contributed by atoms with Crippen LogP contribution < -0.4 is 5.32 Å². The molecule has 0 aliphatic heterocycles. The molecular formula is C15H24BrNS. The van der Waals surface area contributed by atoms with E-state index in [2.05, 4.69) is 59.4 Å². The van der Waals surface area contributed by atoms with Crippen LogP contribution in [0.5, 0.6) is 0 Å². The normalized spacial score (nSPS) is 12.6. The van der Waals surface area contributed by atoms with Crippen molar-refractivity contribution < 1.29 is 0 Å². The average molecular weight is 330 g/mol. The van der Waals surface area contributed by atoms with Crippen molar-refractivity contribution in [2.24, 2.45) is 0 Å². The summed E-state index contributed by atoms with van der Waals surface area (Å²) in [7, 11) is 0. The van der Waals surface area contributed by atoms with Crippen molar-refractivity contribution in [3.05, 3.63) is 28.7 Å². The molecule has 102 valence electrons. The Kier molecular flexibility index (Phi) is 8.82. The smallest absolute Gasteiger partial charge is 0.0311 e. The molecular weight excluding hydrogens is 306 g/mol. The van der Waals surface area contributed by atoms with Crippen LogP contribution in [-0.2, 0) is 0 Å². The third-order valence-electron chi connectivity index (χ3n) is 2.87. The first-order chi connectivity index (χ1) is 8.77. The summed E-state index contributed by atoms with van der Waals surface area (Å²) in [6, 6.07) is 9.11. The largest absolute Gasteiger partial charge is 0.313 e. The predicted octanol–water partition coefficient (Wildman–Crippen LogP) is 5.10. The zero-order chi connectivity index (χ0) is 13.2. The highest BCUT2D eigenvalue weighted by Crippen LogP contribution is 2.28. The third kappa shape index (κ3) is 6.26. The van der Waals surface area contributed by atoms with E-state index in [1.54, 1.807) is 0 Å². The van der Waals surface area contributed by atoms with Gasteiger partial charge in [0, 0.05) is 21.2 Å². The maximum atomic E-state index is 3.66. The lowest BCUT2D eigenvalue weighted by Crippen LogP contribution is -2.31. The van der Waals surface area contributed by atoms with E-state index >= 15 is 0 Å². The summed E-state index contributed by atoms with van der Waals surface area (Å²) in [6.45, 7) is 5.62. The van der Waals surface area contributed by atoms with E-state index in [4.69, 9.17) is 0 Å². The van der Waals surface area contributed by atoms with Gasteiger partial charge in [-0.05, 0) is 47.4 Å². The van der Waals surface area contributed by atoms with E-state index < -0.39 is 0 Å². The first-order valence-corrected chi connectivity index (χ1v) is 8.66. The highest BCUT2D eigenvalue weighted by molar-refractivity contribution is 9.10. The number of nitrogens with one attached hydrogen (secondary N) is 1. The highest BCUT2D eigenvalue weighted by Gasteiger charge is 2.08. The first kappa shape index (κ1) is 16.1. The third-order valence-corrected chi connectivity index (χ3v) is 5.06. The lowest BCUT2D eigenvalue weighted by atomic mass is 10.1. The van der Waals surface area contributed by atoms with Crippen LogP contribution in [0.15, 0.2) is 33.6 Å². The van der Waals surface area contributed by atoms with Gasteiger partial charge in [0.15, 0.2) is 0 Å². The molecule has 0 aliphatic carbocycles. The highest BCUT2D eigenvalue weighted by atomic mass is 79.9. The Bertz CT molecular complexity index is 322. The summed E-state index contributed by atoms with van der Waals surface area (Å²) in [5.41, 5.74) is 0. The van der Waals surface area contributed by atoms with Crippen LogP contribution in [0.25, 0.3) is 0 Å². The molecule has 0 saturated carbocycles. The molecule has 0 bridgehead atoms. The lowest BCUT2D eigenvalue weighted by molar-refractivity contribution is 0.501. The predicted molar refractivity (Wildman–Crippen MR) is 86.5 cm³/mol. The lowest BCUT2D eigenvalue weighted by Gasteiger charge is -2.18. The van der Waals surface area contributed by atoms with Crippen molar-refractivity contribution in [2.75, 3.05) is 12.3 Å². The fraction of sp³-hybridized carbons (Fsp3) is 0.600. The van der Waals surface area contributed by atoms with Crippen LogP contribution in [0.4, 0.5) is 0 Å². The number of unbranched alkanes of at least 4 members (excludes halogenated alkanes) is 1. The molecule has 0 fully saturated rings. The fourth-order valence-corrected chi connectivity index (χ4v) is 3.47. The summed E-state index contributed by atoms with van der Waals surface area (Å²) < 4.78 is 1.21. The second-order valence-corrected chi connectivity index (χ2v) is 6.45. The molecule has 3 heteroatoms. The van der Waals surface area contributed by atoms with E-state index in [9.17, 15) is 0 Å². The quantitative estimate of drug-likeness (QED) is 0.632. The minimum Gasteiger partial charge on any atom is -0.313 e. The van der Waals surface area contributed by atoms with Crippen molar-refractivity contribution in [3.8, 4) is 0 Å². The average Bonchev–Trinajstić information content (AvgIpc) is 2.39. The van der Waals surface area contributed by atoms with Crippen molar-refractivity contribution in [3.63, 3.8) is 0 Å². The molecule has 1 aromatic rings. The Balaban J connectivity index is 2.42. The molecule has 0 radical (unpaired) electrons. The summed E-state index contributed by atoms with van der Waals surface area (Å²) >= 11 is 5.56. The van der Waals surface area contributed by atoms with Crippen molar-refractivity contribution >= 4 is 27.7 Å². The minimum atomic E-state index is 0.641. The summed E-state index contributed by atoms with van der Waals surface area (Å²) in [5, 5.41) is 3.66. The molecule has 0 spiro atoms. The number of thioether (sulfide) groups is 1. The van der Waals surface area contributed by atoms with Gasteiger partial charge in [-0.1, -0.05) is 38.8 Å². The van der Waals surface area contributed by atoms with Gasteiger partial charge in [0.25, 0.3) is 0 Å². The summed E-state index contributed by atoms with van der Waals surface area (Å²) in [5.74, 6) is 1.16. The molecule has 0 aliphatic rings. The van der Waals surface area contributed by atoms with Gasteiger partial charge in [0.2, 0.25) is 0 Å². The maximum absolute atomic E-state index is 3.66. The Morgan fingerprint density at radius 2 is 2.00 bits per heavy atom. The molecule has 18 heavy (non-hydrogen) atoms. The number of hydrogen-bond acceptors (Lipinski definition) is 2. The number of hydrogen-bond donors (Lipinski definition) is 1. The molecule has 0 aromatic heterocycles. The van der Waals surface area contributed by atoms with Crippen LogP contribution in [0.1, 0.15) is 39.5 Å².